The molecule has 1 rings (SSSR count). The second-order valence-electron chi connectivity index (χ2n) is 4.22. The van der Waals surface area contributed by atoms with Gasteiger partial charge < -0.3 is 10.2 Å². The Balaban J connectivity index is 3.09. The van der Waals surface area contributed by atoms with Crippen molar-refractivity contribution in [1.29, 1.82) is 0 Å². The summed E-state index contributed by atoms with van der Waals surface area (Å²) in [6, 6.07) is 3.50. The van der Waals surface area contributed by atoms with Crippen molar-refractivity contribution in [2.75, 3.05) is 0 Å². The van der Waals surface area contributed by atoms with Gasteiger partial charge in [0.05, 0.1) is 12.0 Å². The first-order valence-electron chi connectivity index (χ1n) is 5.20. The van der Waals surface area contributed by atoms with E-state index in [4.69, 9.17) is 16.7 Å². The molecule has 0 fully saturated rings. The third-order valence-electron chi connectivity index (χ3n) is 2.62. The van der Waals surface area contributed by atoms with Gasteiger partial charge in [-0.15, -0.1) is 0 Å². The largest absolute Gasteiger partial charge is 0.481 e. The second kappa shape index (κ2) is 5.47. The maximum absolute atomic E-state index is 12.8. The predicted molar refractivity (Wildman–Crippen MR) is 62.3 cm³/mol. The van der Waals surface area contributed by atoms with Gasteiger partial charge in [0.15, 0.2) is 0 Å². The number of aliphatic hydroxyl groups is 1. The van der Waals surface area contributed by atoms with Crippen LogP contribution in [0.3, 0.4) is 0 Å². The molecule has 3 nitrogen and oxygen atoms in total. The first-order valence-corrected chi connectivity index (χ1v) is 5.58. The third kappa shape index (κ3) is 3.17. The van der Waals surface area contributed by atoms with Gasteiger partial charge in [-0.05, 0) is 18.1 Å². The molecule has 17 heavy (non-hydrogen) atoms. The Hall–Kier alpha value is -1.13. The average Bonchev–Trinajstić information content (AvgIpc) is 2.15. The zero-order chi connectivity index (χ0) is 13.2. The maximum Gasteiger partial charge on any atom is 0.309 e. The van der Waals surface area contributed by atoms with E-state index in [9.17, 15) is 14.3 Å². The van der Waals surface area contributed by atoms with Gasteiger partial charge in [0.2, 0.25) is 0 Å². The molecule has 0 spiro atoms. The maximum atomic E-state index is 12.8. The Bertz CT molecular complexity index is 420. The number of benzene rings is 1. The van der Waals surface area contributed by atoms with Crippen LogP contribution in [0.5, 0.6) is 0 Å². The van der Waals surface area contributed by atoms with Crippen molar-refractivity contribution in [2.45, 2.75) is 20.0 Å². The van der Waals surface area contributed by atoms with E-state index in [0.29, 0.717) is 0 Å². The summed E-state index contributed by atoms with van der Waals surface area (Å²) in [4.78, 5) is 11.1. The molecule has 2 atom stereocenters. The summed E-state index contributed by atoms with van der Waals surface area (Å²) in [6.07, 6.45) is -1.25. The summed E-state index contributed by atoms with van der Waals surface area (Å²) in [6.45, 7) is 3.39. The van der Waals surface area contributed by atoms with E-state index in [-0.39, 0.29) is 16.5 Å². The summed E-state index contributed by atoms with van der Waals surface area (Å²) in [5, 5.41) is 19.1. The van der Waals surface area contributed by atoms with E-state index in [1.165, 1.54) is 6.07 Å². The molecule has 0 bridgehead atoms. The lowest BCUT2D eigenvalue weighted by molar-refractivity contribution is -0.148. The Morgan fingerprint density at radius 2 is 2.00 bits per heavy atom. The Morgan fingerprint density at radius 1 is 1.41 bits per heavy atom. The summed E-state index contributed by atoms with van der Waals surface area (Å²) in [5.41, 5.74) is 0.231. The molecule has 0 radical (unpaired) electrons. The lowest BCUT2D eigenvalue weighted by Gasteiger charge is -2.23. The number of carbonyl (C=O) groups is 1. The Labute approximate surface area is 104 Å². The van der Waals surface area contributed by atoms with Crippen molar-refractivity contribution in [3.05, 3.63) is 34.6 Å². The fourth-order valence-corrected chi connectivity index (χ4v) is 2.00. The number of aliphatic hydroxyl groups excluding tert-OH is 1. The highest BCUT2D eigenvalue weighted by Crippen LogP contribution is 2.32. The minimum atomic E-state index is -1.25. The zero-order valence-electron chi connectivity index (χ0n) is 9.52. The van der Waals surface area contributed by atoms with Gasteiger partial charge in [0.25, 0.3) is 0 Å². The first kappa shape index (κ1) is 13.9. The van der Waals surface area contributed by atoms with Crippen molar-refractivity contribution < 1.29 is 19.4 Å². The minimum absolute atomic E-state index is 0.0319. The molecule has 0 amide bonds. The molecule has 5 heteroatoms. The standard InChI is InChI=1S/C12H14ClFO3/c1-6(2)10(12(16)17)11(15)8-4-3-7(14)5-9(8)13/h3-6,10-11,15H,1-2H3,(H,16,17). The number of halogens is 2. The van der Waals surface area contributed by atoms with E-state index < -0.39 is 23.8 Å². The summed E-state index contributed by atoms with van der Waals surface area (Å²) in [7, 11) is 0. The van der Waals surface area contributed by atoms with Crippen LogP contribution in [-0.4, -0.2) is 16.2 Å². The molecule has 0 aliphatic heterocycles. The van der Waals surface area contributed by atoms with Gasteiger partial charge in [-0.2, -0.15) is 0 Å². The Kier molecular flexibility index (Phi) is 4.48. The molecule has 2 N–H and O–H groups in total. The fourth-order valence-electron chi connectivity index (χ4n) is 1.72. The van der Waals surface area contributed by atoms with Gasteiger partial charge in [0.1, 0.15) is 5.82 Å². The molecule has 1 aromatic carbocycles. The SMILES string of the molecule is CC(C)C(C(=O)O)C(O)c1ccc(F)cc1Cl. The fraction of sp³-hybridized carbons (Fsp3) is 0.417. The van der Waals surface area contributed by atoms with Crippen molar-refractivity contribution in [1.82, 2.24) is 0 Å². The van der Waals surface area contributed by atoms with Crippen molar-refractivity contribution in [2.24, 2.45) is 11.8 Å². The molecule has 2 unspecified atom stereocenters. The molecule has 0 aliphatic rings. The molecule has 0 saturated heterocycles. The molecule has 0 aromatic heterocycles. The summed E-state index contributed by atoms with van der Waals surface area (Å²) >= 11 is 5.78. The van der Waals surface area contributed by atoms with Crippen LogP contribution in [0, 0.1) is 17.7 Å². The molecule has 0 heterocycles. The lowest BCUT2D eigenvalue weighted by atomic mass is 9.86. The summed E-state index contributed by atoms with van der Waals surface area (Å²) in [5.74, 6) is -2.86. The molecular formula is C12H14ClFO3. The number of hydrogen-bond acceptors (Lipinski definition) is 2. The third-order valence-corrected chi connectivity index (χ3v) is 2.95. The van der Waals surface area contributed by atoms with E-state index in [2.05, 4.69) is 0 Å². The highest BCUT2D eigenvalue weighted by atomic mass is 35.5. The van der Waals surface area contributed by atoms with Crippen LogP contribution < -0.4 is 0 Å². The van der Waals surface area contributed by atoms with Gasteiger partial charge >= 0.3 is 5.97 Å². The minimum Gasteiger partial charge on any atom is -0.481 e. The molecule has 94 valence electrons. The second-order valence-corrected chi connectivity index (χ2v) is 4.63. The smallest absolute Gasteiger partial charge is 0.309 e. The van der Waals surface area contributed by atoms with Crippen LogP contribution in [0.15, 0.2) is 18.2 Å². The van der Waals surface area contributed by atoms with E-state index >= 15 is 0 Å². The van der Waals surface area contributed by atoms with Crippen LogP contribution in [-0.2, 0) is 4.79 Å². The van der Waals surface area contributed by atoms with Crippen LogP contribution in [0.1, 0.15) is 25.5 Å². The number of carboxylic acid groups (broad SMARTS) is 1. The molecule has 0 saturated carbocycles. The Morgan fingerprint density at radius 3 is 2.41 bits per heavy atom. The number of aliphatic carboxylic acids is 1. The van der Waals surface area contributed by atoms with Gasteiger partial charge in [-0.25, -0.2) is 4.39 Å². The topological polar surface area (TPSA) is 57.5 Å². The summed E-state index contributed by atoms with van der Waals surface area (Å²) < 4.78 is 12.8. The van der Waals surface area contributed by atoms with Crippen molar-refractivity contribution in [3.8, 4) is 0 Å². The van der Waals surface area contributed by atoms with Crippen molar-refractivity contribution in [3.63, 3.8) is 0 Å². The molecular weight excluding hydrogens is 247 g/mol. The van der Waals surface area contributed by atoms with Crippen molar-refractivity contribution >= 4 is 17.6 Å². The van der Waals surface area contributed by atoms with Crippen LogP contribution in [0.4, 0.5) is 4.39 Å². The van der Waals surface area contributed by atoms with E-state index in [1.807, 2.05) is 0 Å². The number of rotatable bonds is 4. The van der Waals surface area contributed by atoms with Gasteiger partial charge in [-0.1, -0.05) is 31.5 Å². The lowest BCUT2D eigenvalue weighted by Crippen LogP contribution is -2.27. The van der Waals surface area contributed by atoms with Crippen LogP contribution in [0.2, 0.25) is 5.02 Å². The number of carboxylic acids is 1. The van der Waals surface area contributed by atoms with E-state index in [0.717, 1.165) is 12.1 Å². The molecule has 0 aliphatic carbocycles. The molecule has 1 aromatic rings. The highest BCUT2D eigenvalue weighted by molar-refractivity contribution is 6.31. The van der Waals surface area contributed by atoms with Crippen LogP contribution >= 0.6 is 11.6 Å². The number of hydrogen-bond donors (Lipinski definition) is 2. The van der Waals surface area contributed by atoms with Crippen LogP contribution in [0.25, 0.3) is 0 Å². The van der Waals surface area contributed by atoms with E-state index in [1.54, 1.807) is 13.8 Å². The quantitative estimate of drug-likeness (QED) is 0.875. The monoisotopic (exact) mass is 260 g/mol. The predicted octanol–water partition coefficient (Wildman–Crippen LogP) is 2.87. The zero-order valence-corrected chi connectivity index (χ0v) is 10.3. The van der Waals surface area contributed by atoms with Gasteiger partial charge in [0, 0.05) is 10.6 Å². The normalized spacial score (nSPS) is 14.7. The van der Waals surface area contributed by atoms with Gasteiger partial charge in [-0.3, -0.25) is 4.79 Å². The first-order chi connectivity index (χ1) is 7.84. The highest BCUT2D eigenvalue weighted by Gasteiger charge is 2.31. The average molecular weight is 261 g/mol.